The van der Waals surface area contributed by atoms with Gasteiger partial charge in [0.1, 0.15) is 0 Å². The monoisotopic (exact) mass is 840 g/mol. The average molecular weight is 841 g/mol. The number of carbonyl (C=O) groups excluding carboxylic acids is 5. The Balaban J connectivity index is 0.00000122. The van der Waals surface area contributed by atoms with Gasteiger partial charge in [-0.15, -0.1) is 0 Å². The predicted molar refractivity (Wildman–Crippen MR) is 194 cm³/mol. The zero-order chi connectivity index (χ0) is 41.8. The van der Waals surface area contributed by atoms with Gasteiger partial charge in [-0.1, -0.05) is 16.8 Å². The maximum Gasteiger partial charge on any atom is 2.00 e. The van der Waals surface area contributed by atoms with Crippen molar-refractivity contribution in [3.8, 4) is 23.0 Å². The van der Waals surface area contributed by atoms with Crippen molar-refractivity contribution < 1.29 is 77.8 Å². The number of carboxylic acid groups (broad SMARTS) is 2. The molecule has 2 aromatic carbocycles. The van der Waals surface area contributed by atoms with Crippen LogP contribution in [0.2, 0.25) is 0 Å². The number of aromatic hydroxyl groups is 3. The van der Waals surface area contributed by atoms with Crippen molar-refractivity contribution in [1.29, 1.82) is 0 Å². The number of hydrogen-bond donors (Lipinski definition) is 8. The van der Waals surface area contributed by atoms with E-state index in [1.165, 1.54) is 30.3 Å². The summed E-state index contributed by atoms with van der Waals surface area (Å²) < 4.78 is 26.0. The van der Waals surface area contributed by atoms with Gasteiger partial charge in [-0.3, -0.25) is 18.9 Å². The van der Waals surface area contributed by atoms with Crippen LogP contribution in [-0.2, 0) is 55.3 Å². The zero-order valence-corrected chi connectivity index (χ0v) is 34.5. The van der Waals surface area contributed by atoms with Crippen molar-refractivity contribution in [3.05, 3.63) is 47.5 Å². The number of carbonyl (C=O) groups is 5. The molecule has 0 aliphatic carbocycles. The Labute approximate surface area is 353 Å². The molecule has 3 atom stereocenters. The summed E-state index contributed by atoms with van der Waals surface area (Å²) in [5, 5.41) is 54.5. The molecule has 0 aromatic heterocycles. The number of phenolic OH excluding ortho intramolecular Hbond substituents is 3. The van der Waals surface area contributed by atoms with Crippen LogP contribution in [0.15, 0.2) is 36.4 Å². The van der Waals surface area contributed by atoms with Gasteiger partial charge in [-0.25, -0.2) is 4.57 Å². The number of hydrogen-bond acceptors (Lipinski definition) is 17. The van der Waals surface area contributed by atoms with E-state index in [0.29, 0.717) is 24.9 Å². The molecule has 20 nitrogen and oxygen atoms in total. The number of esters is 1. The molecule has 2 rings (SSSR count). The standard InChI is InChI=1S/C21H33N2O11P.C13H18N2O5.Ca/c1-21(2,3)20(28)31-11-4-12-32-35(29,30)34-33-17-7-5-14(13-16(17)24)9-10-23-18(25)8-6-15(22)19(26)27;14-9(13(19)20)2-4-12(18)15-6-5-8-1-3-10(16)11(17)7-8;/h5,7,13,15,24H,4,6,8-12,22H2,1-3H3,(H,23,25)(H,26,27)(H,29,30);1,3,7,9,16-17H,2,4-6,14H2,(H,15,18)(H,19,20);/q;;+2/p-2/t15-;9-;/m00./s1. The van der Waals surface area contributed by atoms with Crippen LogP contribution in [0, 0.1) is 5.41 Å². The predicted octanol–water partition coefficient (Wildman–Crippen LogP) is -1.45. The molecule has 0 saturated carbocycles. The molecule has 0 aliphatic rings. The molecule has 1 unspecified atom stereocenters. The van der Waals surface area contributed by atoms with E-state index in [0.717, 1.165) is 5.56 Å². The van der Waals surface area contributed by atoms with E-state index in [-0.39, 0.29) is 124 Å². The van der Waals surface area contributed by atoms with Crippen LogP contribution in [0.3, 0.4) is 0 Å². The number of nitrogens with two attached hydrogens (primary N) is 2. The van der Waals surface area contributed by atoms with E-state index in [1.807, 2.05) is 0 Å². The maximum atomic E-state index is 11.9. The second kappa shape index (κ2) is 26.2. The summed E-state index contributed by atoms with van der Waals surface area (Å²) >= 11 is 0. The smallest absolute Gasteiger partial charge is 0.548 e. The Kier molecular flexibility index (Phi) is 24.5. The van der Waals surface area contributed by atoms with Crippen molar-refractivity contribution in [2.45, 2.75) is 77.8 Å². The number of carboxylic acids is 2. The van der Waals surface area contributed by atoms with Gasteiger partial charge in [0.15, 0.2) is 17.2 Å². The minimum absolute atomic E-state index is 0. The van der Waals surface area contributed by atoms with Crippen molar-refractivity contribution in [3.63, 3.8) is 0 Å². The summed E-state index contributed by atoms with van der Waals surface area (Å²) in [7, 11) is -4.61. The van der Waals surface area contributed by atoms with Crippen LogP contribution in [0.5, 0.6) is 23.0 Å². The molecule has 10 N–H and O–H groups in total. The van der Waals surface area contributed by atoms with Crippen LogP contribution in [0.4, 0.5) is 0 Å². The van der Waals surface area contributed by atoms with E-state index in [9.17, 15) is 53.9 Å². The summed E-state index contributed by atoms with van der Waals surface area (Å²) in [5.74, 6) is -4.95. The molecular formula is C34H49CaN4O16P. The first-order valence-corrected chi connectivity index (χ1v) is 18.4. The summed E-state index contributed by atoms with van der Waals surface area (Å²) in [5.41, 5.74) is 11.2. The number of phenols is 3. The fraction of sp³-hybridized carbons (Fsp3) is 0.500. The quantitative estimate of drug-likeness (QED) is 0.0128. The number of amides is 2. The molecule has 0 fully saturated rings. The molecule has 0 aliphatic heterocycles. The molecular weight excluding hydrogens is 791 g/mol. The van der Waals surface area contributed by atoms with E-state index in [1.54, 1.807) is 26.8 Å². The minimum Gasteiger partial charge on any atom is -0.548 e. The Morgan fingerprint density at radius 2 is 1.27 bits per heavy atom. The molecule has 0 bridgehead atoms. The Morgan fingerprint density at radius 1 is 0.786 bits per heavy atom. The molecule has 0 radical (unpaired) electrons. The number of rotatable bonds is 22. The number of phosphoric acid groups is 1. The van der Waals surface area contributed by atoms with E-state index < -0.39 is 43.2 Å². The van der Waals surface area contributed by atoms with Gasteiger partial charge >= 0.3 is 51.5 Å². The number of ether oxygens (including phenoxy) is 1. The summed E-state index contributed by atoms with van der Waals surface area (Å²) in [6.45, 7) is 5.38. The first-order chi connectivity index (χ1) is 25.6. The van der Waals surface area contributed by atoms with E-state index in [4.69, 9.17) is 30.7 Å². The normalized spacial score (nSPS) is 13.0. The third-order valence-electron chi connectivity index (χ3n) is 7.12. The largest absolute Gasteiger partial charge is 2.00 e. The maximum absolute atomic E-state index is 11.9. The van der Waals surface area contributed by atoms with Crippen LogP contribution in [-0.4, -0.2) is 126 Å². The fourth-order valence-corrected chi connectivity index (χ4v) is 4.50. The second-order valence-electron chi connectivity index (χ2n) is 13.0. The summed E-state index contributed by atoms with van der Waals surface area (Å²) in [6.07, 6.45) is 0.861. The van der Waals surface area contributed by atoms with Crippen molar-refractivity contribution in [1.82, 2.24) is 10.6 Å². The third kappa shape index (κ3) is 22.7. The van der Waals surface area contributed by atoms with Gasteiger partial charge in [0, 0.05) is 44.4 Å². The van der Waals surface area contributed by atoms with Gasteiger partial charge in [-0.2, -0.15) is 0 Å². The molecule has 22 heteroatoms. The summed E-state index contributed by atoms with van der Waals surface area (Å²) in [6, 6.07) is 6.18. The first-order valence-electron chi connectivity index (χ1n) is 16.9. The molecule has 2 aromatic rings. The fourth-order valence-electron chi connectivity index (χ4n) is 3.92. The number of nitrogens with one attached hydrogen (secondary N) is 2. The molecule has 0 spiro atoms. The number of benzene rings is 2. The van der Waals surface area contributed by atoms with Crippen molar-refractivity contribution >= 4 is 75.3 Å². The van der Waals surface area contributed by atoms with Gasteiger partial charge in [0.05, 0.1) is 30.6 Å². The Hall–Kier alpha value is -3.72. The van der Waals surface area contributed by atoms with Crippen molar-refractivity contribution in [2.75, 3.05) is 26.3 Å². The Morgan fingerprint density at radius 3 is 1.71 bits per heavy atom. The van der Waals surface area contributed by atoms with Gasteiger partial charge in [0.25, 0.3) is 0 Å². The van der Waals surface area contributed by atoms with E-state index in [2.05, 4.69) is 15.3 Å². The zero-order valence-electron chi connectivity index (χ0n) is 31.4. The van der Waals surface area contributed by atoms with Crippen molar-refractivity contribution in [2.24, 2.45) is 16.9 Å². The van der Waals surface area contributed by atoms with Crippen LogP contribution in [0.25, 0.3) is 0 Å². The number of phosphoric ester groups is 1. The Bertz CT molecular complexity index is 1640. The minimum atomic E-state index is -4.61. The van der Waals surface area contributed by atoms with Gasteiger partial charge in [-0.05, 0) is 81.8 Å². The topological polar surface area (TPSA) is 342 Å². The van der Waals surface area contributed by atoms with Gasteiger partial charge < -0.3 is 71.7 Å². The first kappa shape index (κ1) is 52.3. The van der Waals surface area contributed by atoms with Crippen LogP contribution in [0.1, 0.15) is 64.0 Å². The number of aliphatic carboxylic acids is 2. The summed E-state index contributed by atoms with van der Waals surface area (Å²) in [4.78, 5) is 70.0. The van der Waals surface area contributed by atoms with Crippen LogP contribution < -0.4 is 37.2 Å². The van der Waals surface area contributed by atoms with Gasteiger partial charge in [0.2, 0.25) is 17.6 Å². The van der Waals surface area contributed by atoms with E-state index >= 15 is 0 Å². The molecule has 308 valence electrons. The molecule has 0 saturated heterocycles. The molecule has 2 amide bonds. The third-order valence-corrected chi connectivity index (χ3v) is 7.89. The molecule has 0 heterocycles. The molecule has 56 heavy (non-hydrogen) atoms. The average Bonchev–Trinajstić information content (AvgIpc) is 3.10. The second-order valence-corrected chi connectivity index (χ2v) is 14.3. The SMILES string of the molecule is CC(C)(C)C(=O)OCCCOP(=O)(O)OOc1ccc(CCNC(=O)CC[C@H](N)C(=O)[O-])cc1O.N[C@@H](CCC(=O)NCCc1ccc(O)c(O)c1)C(=O)[O-].[Ca+2]. The van der Waals surface area contributed by atoms with Crippen LogP contribution >= 0.6 is 7.82 Å².